The monoisotopic (exact) mass is 291 g/mol. The van der Waals surface area contributed by atoms with Gasteiger partial charge in [-0.15, -0.1) is 0 Å². The van der Waals surface area contributed by atoms with E-state index in [0.717, 1.165) is 0 Å². The third kappa shape index (κ3) is 3.30. The van der Waals surface area contributed by atoms with Crippen LogP contribution in [0.1, 0.15) is 13.3 Å². The van der Waals surface area contributed by atoms with E-state index in [4.69, 9.17) is 4.74 Å². The van der Waals surface area contributed by atoms with E-state index in [0.29, 0.717) is 11.1 Å². The Kier molecular flexibility index (Phi) is 4.41. The molecule has 0 amide bonds. The summed E-state index contributed by atoms with van der Waals surface area (Å²) >= 11 is 3.01. The van der Waals surface area contributed by atoms with Gasteiger partial charge in [-0.25, -0.2) is 0 Å². The van der Waals surface area contributed by atoms with Gasteiger partial charge in [-0.1, -0.05) is 0 Å². The van der Waals surface area contributed by atoms with Gasteiger partial charge >= 0.3 is 11.8 Å². The Morgan fingerprint density at radius 3 is 2.94 bits per heavy atom. The van der Waals surface area contributed by atoms with Crippen molar-refractivity contribution in [1.29, 1.82) is 0 Å². The molecule has 16 heavy (non-hydrogen) atoms. The summed E-state index contributed by atoms with van der Waals surface area (Å²) in [5.74, 6) is -0.611. The summed E-state index contributed by atoms with van der Waals surface area (Å²) in [6.07, 6.45) is 1.59. The van der Waals surface area contributed by atoms with Crippen LogP contribution in [-0.2, 0) is 16.1 Å². The zero-order chi connectivity index (χ0) is 12.1. The lowest BCUT2D eigenvalue weighted by molar-refractivity contribution is -0.390. The molecule has 0 fully saturated rings. The molecule has 7 nitrogen and oxygen atoms in total. The molecule has 88 valence electrons. The first-order valence-corrected chi connectivity index (χ1v) is 5.37. The molecule has 0 spiro atoms. The highest BCUT2D eigenvalue weighted by Gasteiger charge is 2.18. The van der Waals surface area contributed by atoms with Crippen LogP contribution in [0.25, 0.3) is 0 Å². The van der Waals surface area contributed by atoms with Gasteiger partial charge in [-0.05, 0) is 27.8 Å². The van der Waals surface area contributed by atoms with Gasteiger partial charge in [0.2, 0.25) is 0 Å². The molecule has 0 aromatic carbocycles. The number of aromatic nitrogens is 2. The van der Waals surface area contributed by atoms with E-state index >= 15 is 0 Å². The normalized spacial score (nSPS) is 10.1. The lowest BCUT2D eigenvalue weighted by Crippen LogP contribution is -2.09. The van der Waals surface area contributed by atoms with Gasteiger partial charge < -0.3 is 14.9 Å². The average Bonchev–Trinajstić information content (AvgIpc) is 2.57. The second-order valence-corrected chi connectivity index (χ2v) is 3.73. The van der Waals surface area contributed by atoms with E-state index in [9.17, 15) is 14.9 Å². The van der Waals surface area contributed by atoms with Crippen molar-refractivity contribution in [2.24, 2.45) is 0 Å². The first-order valence-electron chi connectivity index (χ1n) is 4.57. The third-order valence-electron chi connectivity index (χ3n) is 1.72. The average molecular weight is 292 g/mol. The molecule has 0 bridgehead atoms. The zero-order valence-electron chi connectivity index (χ0n) is 8.55. The van der Waals surface area contributed by atoms with Crippen molar-refractivity contribution in [1.82, 2.24) is 9.78 Å². The van der Waals surface area contributed by atoms with E-state index in [-0.39, 0.29) is 24.8 Å². The Morgan fingerprint density at radius 2 is 2.44 bits per heavy atom. The number of rotatable bonds is 5. The second-order valence-electron chi connectivity index (χ2n) is 2.88. The molecule has 0 unspecified atom stereocenters. The van der Waals surface area contributed by atoms with E-state index in [1.54, 1.807) is 6.92 Å². The quantitative estimate of drug-likeness (QED) is 0.466. The molecule has 0 aliphatic carbocycles. The fourth-order valence-electron chi connectivity index (χ4n) is 1.06. The fraction of sp³-hybridized carbons (Fsp3) is 0.500. The number of aryl methyl sites for hydroxylation is 1. The smallest absolute Gasteiger partial charge is 0.404 e. The molecular weight excluding hydrogens is 282 g/mol. The molecule has 0 aliphatic rings. The molecule has 0 saturated heterocycles. The number of nitro groups is 1. The van der Waals surface area contributed by atoms with Crippen molar-refractivity contribution >= 4 is 27.7 Å². The van der Waals surface area contributed by atoms with Crippen molar-refractivity contribution in [3.05, 3.63) is 20.8 Å². The summed E-state index contributed by atoms with van der Waals surface area (Å²) in [6, 6.07) is 0. The van der Waals surface area contributed by atoms with Crippen molar-refractivity contribution in [3.63, 3.8) is 0 Å². The minimum atomic E-state index is -0.592. The molecule has 0 N–H and O–H groups in total. The summed E-state index contributed by atoms with van der Waals surface area (Å²) in [5, 5.41) is 14.2. The van der Waals surface area contributed by atoms with Crippen molar-refractivity contribution in [2.75, 3.05) is 6.61 Å². The largest absolute Gasteiger partial charge is 0.466 e. The highest BCUT2D eigenvalue weighted by Crippen LogP contribution is 2.21. The standard InChI is InChI=1S/C8H10BrN3O4/c1-2-16-7(13)3-4-11-5-6(9)8(10-11)12(14)15/h5H,2-4H2,1H3. The van der Waals surface area contributed by atoms with E-state index in [1.165, 1.54) is 10.9 Å². The van der Waals surface area contributed by atoms with E-state index < -0.39 is 4.92 Å². The van der Waals surface area contributed by atoms with Crippen molar-refractivity contribution < 1.29 is 14.5 Å². The van der Waals surface area contributed by atoms with Gasteiger partial charge in [0.25, 0.3) is 0 Å². The Labute approximate surface area is 99.7 Å². The summed E-state index contributed by atoms with van der Waals surface area (Å²) < 4.78 is 6.35. The van der Waals surface area contributed by atoms with Crippen LogP contribution in [0.5, 0.6) is 0 Å². The number of carbonyl (C=O) groups is 1. The predicted octanol–water partition coefficient (Wildman–Crippen LogP) is 1.51. The van der Waals surface area contributed by atoms with E-state index in [1.807, 2.05) is 0 Å². The summed E-state index contributed by atoms with van der Waals surface area (Å²) in [5.41, 5.74) is 0. The van der Waals surface area contributed by atoms with E-state index in [2.05, 4.69) is 21.0 Å². The van der Waals surface area contributed by atoms with Crippen LogP contribution >= 0.6 is 15.9 Å². The Hall–Kier alpha value is -1.44. The molecule has 1 rings (SSSR count). The maximum atomic E-state index is 11.0. The van der Waals surface area contributed by atoms with Crippen LogP contribution in [0, 0.1) is 10.1 Å². The summed E-state index contributed by atoms with van der Waals surface area (Å²) in [4.78, 5) is 20.9. The molecule has 0 aliphatic heterocycles. The Morgan fingerprint density at radius 1 is 1.75 bits per heavy atom. The van der Waals surface area contributed by atoms with Crippen LogP contribution in [-0.4, -0.2) is 27.3 Å². The van der Waals surface area contributed by atoms with Crippen LogP contribution in [0.3, 0.4) is 0 Å². The molecule has 0 radical (unpaired) electrons. The lowest BCUT2D eigenvalue weighted by atomic mass is 10.4. The fourth-order valence-corrected chi connectivity index (χ4v) is 1.52. The molecule has 0 saturated carbocycles. The molecular formula is C8H10BrN3O4. The molecule has 8 heteroatoms. The third-order valence-corrected chi connectivity index (χ3v) is 2.28. The first-order chi connectivity index (χ1) is 7.54. The molecule has 1 aromatic heterocycles. The SMILES string of the molecule is CCOC(=O)CCn1cc(Br)c([N+](=O)[O-])n1. The Bertz CT molecular complexity index is 404. The van der Waals surface area contributed by atoms with Crippen molar-refractivity contribution in [2.45, 2.75) is 19.9 Å². The van der Waals surface area contributed by atoms with Gasteiger partial charge in [-0.3, -0.25) is 4.79 Å². The topological polar surface area (TPSA) is 87.3 Å². The van der Waals surface area contributed by atoms with Gasteiger partial charge in [0.05, 0.1) is 30.9 Å². The highest BCUT2D eigenvalue weighted by atomic mass is 79.9. The number of hydrogen-bond acceptors (Lipinski definition) is 5. The number of nitrogens with zero attached hydrogens (tertiary/aromatic N) is 3. The zero-order valence-corrected chi connectivity index (χ0v) is 10.1. The maximum absolute atomic E-state index is 11.0. The maximum Gasteiger partial charge on any atom is 0.404 e. The van der Waals surface area contributed by atoms with Gasteiger partial charge in [-0.2, -0.15) is 4.68 Å². The number of esters is 1. The molecule has 1 heterocycles. The summed E-state index contributed by atoms with van der Waals surface area (Å²) in [6.45, 7) is 2.29. The van der Waals surface area contributed by atoms with Crippen LogP contribution in [0.2, 0.25) is 0 Å². The highest BCUT2D eigenvalue weighted by molar-refractivity contribution is 9.10. The number of hydrogen-bond donors (Lipinski definition) is 0. The second kappa shape index (κ2) is 5.59. The van der Waals surface area contributed by atoms with Gasteiger partial charge in [0.1, 0.15) is 4.47 Å². The van der Waals surface area contributed by atoms with Gasteiger partial charge in [0.15, 0.2) is 0 Å². The first kappa shape index (κ1) is 12.6. The minimum Gasteiger partial charge on any atom is -0.466 e. The minimum absolute atomic E-state index is 0.138. The predicted molar refractivity (Wildman–Crippen MR) is 57.8 cm³/mol. The summed E-state index contributed by atoms with van der Waals surface area (Å²) in [7, 11) is 0. The van der Waals surface area contributed by atoms with Crippen LogP contribution in [0.15, 0.2) is 10.7 Å². The molecule has 1 aromatic rings. The van der Waals surface area contributed by atoms with Crippen LogP contribution in [0.4, 0.5) is 5.82 Å². The number of carbonyl (C=O) groups excluding carboxylic acids is 1. The number of halogens is 1. The number of ether oxygens (including phenoxy) is 1. The van der Waals surface area contributed by atoms with Crippen LogP contribution < -0.4 is 0 Å². The van der Waals surface area contributed by atoms with Gasteiger partial charge in [0, 0.05) is 0 Å². The van der Waals surface area contributed by atoms with Crippen molar-refractivity contribution in [3.8, 4) is 0 Å². The molecule has 0 atom stereocenters. The lowest BCUT2D eigenvalue weighted by Gasteiger charge is -1.99. The Balaban J connectivity index is 2.58.